The minimum Gasteiger partial charge on any atom is -0.490 e. The summed E-state index contributed by atoms with van der Waals surface area (Å²) in [6, 6.07) is 12.1. The van der Waals surface area contributed by atoms with E-state index in [2.05, 4.69) is 10.7 Å². The third-order valence-corrected chi connectivity index (χ3v) is 10.1. The van der Waals surface area contributed by atoms with Crippen LogP contribution in [0.3, 0.4) is 0 Å². The van der Waals surface area contributed by atoms with E-state index in [0.717, 1.165) is 31.0 Å². The second-order valence-corrected chi connectivity index (χ2v) is 13.8. The predicted molar refractivity (Wildman–Crippen MR) is 167 cm³/mol. The average Bonchev–Trinajstić information content (AvgIpc) is 3.19. The molecule has 42 heavy (non-hydrogen) atoms. The third kappa shape index (κ3) is 6.02. The number of carbonyl (C=O) groups is 3. The number of thiocarbonyl (C=S) groups is 1. The van der Waals surface area contributed by atoms with Crippen LogP contribution < -0.4 is 20.2 Å². The van der Waals surface area contributed by atoms with Crippen molar-refractivity contribution < 1.29 is 23.9 Å². The fourth-order valence-electron chi connectivity index (χ4n) is 7.23. The topological polar surface area (TPSA) is 97.0 Å². The number of hydrogen-bond donors (Lipinski definition) is 2. The van der Waals surface area contributed by atoms with Gasteiger partial charge in [0.25, 0.3) is 11.8 Å². The van der Waals surface area contributed by atoms with Crippen LogP contribution in [0.5, 0.6) is 11.5 Å². The van der Waals surface area contributed by atoms with Gasteiger partial charge < -0.3 is 14.8 Å². The first-order chi connectivity index (χ1) is 20.2. The van der Waals surface area contributed by atoms with E-state index in [1.165, 1.54) is 24.3 Å². The van der Waals surface area contributed by atoms with Crippen molar-refractivity contribution in [2.75, 3.05) is 18.5 Å². The van der Waals surface area contributed by atoms with E-state index in [4.69, 9.17) is 33.3 Å². The number of anilines is 1. The summed E-state index contributed by atoms with van der Waals surface area (Å²) in [5.74, 6) is 1.93. The summed E-state index contributed by atoms with van der Waals surface area (Å²) in [4.78, 5) is 39.7. The van der Waals surface area contributed by atoms with E-state index in [1.807, 2.05) is 6.92 Å². The van der Waals surface area contributed by atoms with Crippen molar-refractivity contribution >= 4 is 69.4 Å². The second kappa shape index (κ2) is 11.9. The molecule has 0 atom stereocenters. The monoisotopic (exact) mass is 625 g/mol. The van der Waals surface area contributed by atoms with E-state index >= 15 is 0 Å². The first kappa shape index (κ1) is 29.0. The second-order valence-electron chi connectivity index (χ2n) is 11.6. The van der Waals surface area contributed by atoms with Crippen LogP contribution in [-0.4, -0.2) is 40.3 Å². The number of nitrogens with zero attached hydrogens (tertiary/aromatic N) is 1. The highest BCUT2D eigenvalue weighted by molar-refractivity contribution is 8.26. The van der Waals surface area contributed by atoms with Crippen molar-refractivity contribution in [2.24, 2.45) is 23.2 Å². The number of ether oxygens (including phenoxy) is 2. The van der Waals surface area contributed by atoms with Crippen LogP contribution in [0.4, 0.5) is 5.69 Å². The maximum atomic E-state index is 13.5. The molecule has 11 heteroatoms. The van der Waals surface area contributed by atoms with E-state index in [1.54, 1.807) is 48.5 Å². The molecule has 0 radical (unpaired) electrons. The Bertz CT molecular complexity index is 1440. The quantitative estimate of drug-likeness (QED) is 0.253. The molecule has 8 nitrogen and oxygen atoms in total. The minimum atomic E-state index is -0.380. The van der Waals surface area contributed by atoms with Crippen LogP contribution in [0.25, 0.3) is 6.08 Å². The van der Waals surface area contributed by atoms with E-state index in [9.17, 15) is 14.4 Å². The smallest absolute Gasteiger partial charge is 0.285 e. The van der Waals surface area contributed by atoms with Gasteiger partial charge in [0.15, 0.2) is 22.4 Å². The molecule has 7 rings (SSSR count). The van der Waals surface area contributed by atoms with Crippen molar-refractivity contribution in [1.29, 1.82) is 0 Å². The van der Waals surface area contributed by atoms with Gasteiger partial charge in [-0.15, -0.1) is 0 Å². The first-order valence-corrected chi connectivity index (χ1v) is 15.9. The molecule has 0 aromatic heterocycles. The van der Waals surface area contributed by atoms with E-state index in [0.29, 0.717) is 61.4 Å². The molecule has 4 saturated carbocycles. The van der Waals surface area contributed by atoms with Gasteiger partial charge in [0.2, 0.25) is 5.91 Å². The lowest BCUT2D eigenvalue weighted by Gasteiger charge is -2.55. The highest BCUT2D eigenvalue weighted by atomic mass is 35.5. The Morgan fingerprint density at radius 2 is 1.79 bits per heavy atom. The van der Waals surface area contributed by atoms with Gasteiger partial charge in [-0.25, -0.2) is 0 Å². The molecule has 1 heterocycles. The summed E-state index contributed by atoms with van der Waals surface area (Å²) < 4.78 is 11.8. The Morgan fingerprint density at radius 1 is 1.07 bits per heavy atom. The molecule has 4 aliphatic carbocycles. The summed E-state index contributed by atoms with van der Waals surface area (Å²) in [5.41, 5.74) is 3.78. The zero-order valence-corrected chi connectivity index (χ0v) is 25.6. The van der Waals surface area contributed by atoms with Gasteiger partial charge in [-0.2, -0.15) is 5.01 Å². The molecule has 4 bridgehead atoms. The highest BCUT2D eigenvalue weighted by Gasteiger charge is 2.55. The minimum absolute atomic E-state index is 0.0707. The maximum Gasteiger partial charge on any atom is 0.285 e. The Hall–Kier alpha value is -3.08. The number of hydrazine groups is 1. The maximum absolute atomic E-state index is 13.5. The van der Waals surface area contributed by atoms with Crippen molar-refractivity contribution in [3.63, 3.8) is 0 Å². The number of halogens is 1. The van der Waals surface area contributed by atoms with Crippen LogP contribution in [0.15, 0.2) is 47.4 Å². The van der Waals surface area contributed by atoms with Gasteiger partial charge in [-0.1, -0.05) is 35.5 Å². The molecule has 1 aliphatic heterocycles. The number of hydrogen-bond acceptors (Lipinski definition) is 7. The number of carbonyl (C=O) groups excluding carboxylic acids is 3. The number of benzene rings is 2. The van der Waals surface area contributed by atoms with Crippen LogP contribution in [0.2, 0.25) is 5.02 Å². The van der Waals surface area contributed by atoms with Crippen molar-refractivity contribution in [2.45, 2.75) is 45.4 Å². The van der Waals surface area contributed by atoms with Gasteiger partial charge in [0.05, 0.1) is 16.9 Å². The molecule has 1 saturated heterocycles. The molecule has 2 aromatic rings. The number of nitrogens with one attached hydrogen (secondary N) is 2. The highest BCUT2D eigenvalue weighted by Crippen LogP contribution is 2.60. The summed E-state index contributed by atoms with van der Waals surface area (Å²) in [5, 5.41) is 4.49. The Balaban J connectivity index is 1.11. The zero-order valence-electron chi connectivity index (χ0n) is 23.2. The van der Waals surface area contributed by atoms with Gasteiger partial charge in [-0.05, 0) is 117 Å². The van der Waals surface area contributed by atoms with Crippen molar-refractivity contribution in [3.8, 4) is 11.5 Å². The number of amides is 3. The average molecular weight is 626 g/mol. The van der Waals surface area contributed by atoms with Crippen molar-refractivity contribution in [1.82, 2.24) is 10.4 Å². The molecule has 3 amide bonds. The Labute approximate surface area is 259 Å². The molecule has 0 unspecified atom stereocenters. The van der Waals surface area contributed by atoms with Gasteiger partial charge in [0, 0.05) is 10.7 Å². The largest absolute Gasteiger partial charge is 0.490 e. The van der Waals surface area contributed by atoms with E-state index < -0.39 is 0 Å². The van der Waals surface area contributed by atoms with Gasteiger partial charge in [-0.3, -0.25) is 19.8 Å². The third-order valence-electron chi connectivity index (χ3n) is 8.56. The van der Waals surface area contributed by atoms with Crippen LogP contribution >= 0.6 is 35.6 Å². The summed E-state index contributed by atoms with van der Waals surface area (Å²) in [6.07, 6.45) is 8.15. The summed E-state index contributed by atoms with van der Waals surface area (Å²) in [6.45, 7) is 2.00. The Morgan fingerprint density at radius 3 is 2.45 bits per heavy atom. The number of thioether (sulfide) groups is 1. The lowest BCUT2D eigenvalue weighted by molar-refractivity contribution is -0.152. The lowest BCUT2D eigenvalue weighted by atomic mass is 9.49. The standard InChI is InChI=1S/C31H32ClN3O5S2/c1-2-39-25-11-18(6-7-24(25)40-17-27(36)33-23-5-3-4-22(32)13-23)12-26-28(37)35(30(41)42-26)34-29(38)31-14-19-8-20(15-31)10-21(9-19)16-31/h3-7,11-13,19-21H,2,8-10,14-17H2,1H3,(H,33,36)(H,34,38)/b26-12+. The van der Waals surface area contributed by atoms with Gasteiger partial charge >= 0.3 is 0 Å². The predicted octanol–water partition coefficient (Wildman–Crippen LogP) is 6.21. The van der Waals surface area contributed by atoms with Crippen LogP contribution in [0.1, 0.15) is 51.0 Å². The fourth-order valence-corrected chi connectivity index (χ4v) is 8.60. The lowest BCUT2D eigenvalue weighted by Crippen LogP contribution is -2.57. The summed E-state index contributed by atoms with van der Waals surface area (Å²) >= 11 is 12.6. The Kier molecular flexibility index (Phi) is 8.22. The van der Waals surface area contributed by atoms with E-state index in [-0.39, 0.29) is 29.7 Å². The molecule has 5 fully saturated rings. The molecule has 2 aromatic carbocycles. The first-order valence-electron chi connectivity index (χ1n) is 14.3. The van der Waals surface area contributed by atoms with Crippen LogP contribution in [-0.2, 0) is 14.4 Å². The fraction of sp³-hybridized carbons (Fsp3) is 0.419. The summed E-state index contributed by atoms with van der Waals surface area (Å²) in [7, 11) is 0. The SMILES string of the molecule is CCOc1cc(/C=C2/SC(=S)N(NC(=O)C34CC5CC(CC(C5)C3)C4)C2=O)ccc1OCC(=O)Nc1cccc(Cl)c1. The molecular weight excluding hydrogens is 594 g/mol. The van der Waals surface area contributed by atoms with Crippen LogP contribution in [0, 0.1) is 23.2 Å². The zero-order chi connectivity index (χ0) is 29.4. The molecule has 2 N–H and O–H groups in total. The molecule has 220 valence electrons. The molecular formula is C31H32ClN3O5S2. The normalized spacial score (nSPS) is 27.0. The number of rotatable bonds is 9. The molecule has 5 aliphatic rings. The van der Waals surface area contributed by atoms with Crippen molar-refractivity contribution in [3.05, 3.63) is 58.0 Å². The molecule has 0 spiro atoms. The van der Waals surface area contributed by atoms with Gasteiger partial charge in [0.1, 0.15) is 0 Å².